The van der Waals surface area contributed by atoms with Gasteiger partial charge in [-0.15, -0.1) is 0 Å². The Morgan fingerprint density at radius 3 is 1.26 bits per heavy atom. The first-order chi connectivity index (χ1) is 56.4. The van der Waals surface area contributed by atoms with E-state index in [2.05, 4.69) is 253 Å². The lowest BCUT2D eigenvalue weighted by atomic mass is 9.92. The van der Waals surface area contributed by atoms with E-state index in [9.17, 15) is 14.7 Å². The fourth-order valence-corrected chi connectivity index (χ4v) is 13.2. The molecule has 1 amide bonds. The molecule has 0 bridgehead atoms. The largest absolute Gasteiger partial charge is 0.508 e. The topological polar surface area (TPSA) is 136 Å². The van der Waals surface area contributed by atoms with Crippen molar-refractivity contribution in [2.75, 3.05) is 26.1 Å². The number of allylic oxidation sites excluding steroid dienone is 2. The summed E-state index contributed by atoms with van der Waals surface area (Å²) in [5, 5.41) is 23.0. The number of nitrogens with one attached hydrogen (secondary N) is 1. The molecule has 0 aliphatic heterocycles. The van der Waals surface area contributed by atoms with Gasteiger partial charge in [0.25, 0.3) is 0 Å². The maximum absolute atomic E-state index is 11.0. The molecule has 0 aliphatic rings. The molecule has 119 heavy (non-hydrogen) atoms. The number of ether oxygens (including phenoxy) is 4. The Kier molecular flexibility index (Phi) is 53.1. The number of phenols is 2. The Bertz CT molecular complexity index is 4370. The summed E-state index contributed by atoms with van der Waals surface area (Å²) in [6.07, 6.45) is 12.2. The number of rotatable bonds is 27. The number of halogens is 2. The number of benzene rings is 9. The standard InChI is InChI=1S/C17H20O.C13H20O.C12H17NO.C12H17N.C12H16O.C11H16O2.C11H16O.C10H14O.C9H10Cl2/c1-14(2)12-15-8-10-17(11-9-15)18-13-16-6-4-3-5-7-16;1-4-9-14-13-7-5-12(6-8-13)10-11(2)3;1-9(2)8-11-4-6-12(7-5-11)13-10(3)14;1-9(2)12(10(3)4)11-5-7-13-8-6-11;1-9(2)8-11-4-6-12(7-5-11)10(3)13;1-8(2)7-9-5-4-6-10(13-3)11(9)12;1-9(2)7-10-5-4-6-11(8-10)12-3;1-8(2)6-9-4-3-5-10(11)7-9;1-6(2)8-4-3-7(10)5-9(8)11/h3-11,14H,12-13H2,1-2H3;5-8,11H,4,9-10H2,1-3H3;4-7,9H,8H2,1-3H3,(H,13,14);5-9H,1-4H3;4-7,9H,8H2,1-3H3;4-6,8,12H,7H2,1-3H3;4-6,8-9H,7H2,1-3H3;3-5,7-8,11H,6H2,1-2H3;3-6H,1-2H3. The summed E-state index contributed by atoms with van der Waals surface area (Å²) in [4.78, 5) is 25.8. The lowest BCUT2D eigenvalue weighted by Gasteiger charge is -2.13. The second-order valence-corrected chi connectivity index (χ2v) is 34.7. The van der Waals surface area contributed by atoms with Gasteiger partial charge in [0.05, 0.1) is 20.8 Å². The van der Waals surface area contributed by atoms with Crippen LogP contribution in [0.1, 0.15) is 238 Å². The zero-order valence-corrected chi connectivity index (χ0v) is 78.3. The second kappa shape index (κ2) is 60.0. The van der Waals surface area contributed by atoms with E-state index in [1.807, 2.05) is 122 Å². The van der Waals surface area contributed by atoms with Crippen molar-refractivity contribution >= 4 is 46.2 Å². The van der Waals surface area contributed by atoms with Crippen LogP contribution in [0.15, 0.2) is 242 Å². The van der Waals surface area contributed by atoms with Crippen LogP contribution in [-0.4, -0.2) is 47.7 Å². The molecule has 0 fully saturated rings. The number of anilines is 1. The summed E-state index contributed by atoms with van der Waals surface area (Å²) < 4.78 is 21.4. The monoisotopic (exact) mass is 1660 g/mol. The number of aromatic nitrogens is 1. The normalized spacial score (nSPS) is 10.5. The number of hydrogen-bond acceptors (Lipinski definition) is 9. The van der Waals surface area contributed by atoms with Gasteiger partial charge in [0.1, 0.15) is 29.6 Å². The van der Waals surface area contributed by atoms with Gasteiger partial charge in [-0.1, -0.05) is 294 Å². The molecule has 1 heterocycles. The summed E-state index contributed by atoms with van der Waals surface area (Å²) in [6, 6.07) is 74.0. The molecule has 0 saturated heterocycles. The van der Waals surface area contributed by atoms with Gasteiger partial charge in [-0.3, -0.25) is 14.6 Å². The van der Waals surface area contributed by atoms with Crippen molar-refractivity contribution in [3.8, 4) is 34.5 Å². The zero-order chi connectivity index (χ0) is 88.9. The van der Waals surface area contributed by atoms with Crippen molar-refractivity contribution in [1.29, 1.82) is 0 Å². The zero-order valence-electron chi connectivity index (χ0n) is 76.8. The highest BCUT2D eigenvalue weighted by Crippen LogP contribution is 2.32. The number of ketones is 1. The van der Waals surface area contributed by atoms with Crippen molar-refractivity contribution in [3.63, 3.8) is 0 Å². The molecule has 0 aliphatic carbocycles. The number of Topliss-reactive ketones (excluding diaryl/α,β-unsaturated/α-hetero) is 1. The summed E-state index contributed by atoms with van der Waals surface area (Å²) >= 11 is 11.7. The highest BCUT2D eigenvalue weighted by Gasteiger charge is 2.11. The molecule has 0 radical (unpaired) electrons. The molecule has 10 rings (SSSR count). The summed E-state index contributed by atoms with van der Waals surface area (Å²) in [7, 11) is 3.27. The predicted octanol–water partition coefficient (Wildman–Crippen LogP) is 29.8. The van der Waals surface area contributed by atoms with Crippen LogP contribution in [0.5, 0.6) is 34.5 Å². The van der Waals surface area contributed by atoms with Gasteiger partial charge in [-0.05, 0) is 278 Å². The molecule has 1 aromatic heterocycles. The van der Waals surface area contributed by atoms with E-state index in [0.29, 0.717) is 70.5 Å². The number of nitrogens with zero attached hydrogens (tertiary/aromatic N) is 1. The van der Waals surface area contributed by atoms with Crippen LogP contribution in [0.25, 0.3) is 5.57 Å². The molecule has 0 unspecified atom stereocenters. The van der Waals surface area contributed by atoms with Crippen LogP contribution in [0.3, 0.4) is 0 Å². The van der Waals surface area contributed by atoms with Crippen molar-refractivity contribution in [2.45, 2.75) is 223 Å². The van der Waals surface area contributed by atoms with Crippen LogP contribution in [0.2, 0.25) is 10.0 Å². The van der Waals surface area contributed by atoms with Gasteiger partial charge in [0.15, 0.2) is 17.3 Å². The smallest absolute Gasteiger partial charge is 0.221 e. The molecular formula is C107H146Cl2N2O8. The van der Waals surface area contributed by atoms with Crippen LogP contribution < -0.4 is 24.3 Å². The quantitative estimate of drug-likeness (QED) is 0.0430. The third kappa shape index (κ3) is 48.9. The van der Waals surface area contributed by atoms with Crippen molar-refractivity contribution in [1.82, 2.24) is 4.98 Å². The number of para-hydroxylation sites is 1. The molecule has 12 heteroatoms. The summed E-state index contributed by atoms with van der Waals surface area (Å²) in [6.45, 7) is 50.4. The number of phenolic OH excluding ortho intramolecular Hbond substituents is 2. The number of carbonyl (C=O) groups is 2. The lowest BCUT2D eigenvalue weighted by molar-refractivity contribution is -0.114. The van der Waals surface area contributed by atoms with Gasteiger partial charge < -0.3 is 34.5 Å². The maximum Gasteiger partial charge on any atom is 0.221 e. The van der Waals surface area contributed by atoms with Crippen LogP contribution in [0, 0.1) is 47.3 Å². The van der Waals surface area contributed by atoms with Gasteiger partial charge in [-0.2, -0.15) is 0 Å². The first-order valence-electron chi connectivity index (χ1n) is 42.6. The number of hydrogen-bond donors (Lipinski definition) is 3. The number of aromatic hydroxyl groups is 2. The van der Waals surface area contributed by atoms with E-state index in [4.69, 9.17) is 47.3 Å². The molecule has 0 atom stereocenters. The van der Waals surface area contributed by atoms with Crippen molar-refractivity contribution in [3.05, 3.63) is 314 Å². The molecule has 10 nitrogen and oxygen atoms in total. The number of amides is 1. The molecular weight excluding hydrogens is 1510 g/mol. The molecule has 9 aromatic carbocycles. The maximum atomic E-state index is 11.0. The van der Waals surface area contributed by atoms with E-state index >= 15 is 0 Å². The van der Waals surface area contributed by atoms with E-state index < -0.39 is 0 Å². The molecule has 646 valence electrons. The average Bonchev–Trinajstić information content (AvgIpc) is 0.871. The SMILES string of the molecule is CC(=O)Nc1ccc(CC(C)C)cc1.CC(=O)c1ccc(CC(C)C)cc1.CC(C)=C(c1ccncc1)C(C)C.CC(C)Cc1ccc(OCc2ccccc2)cc1.CC(C)Cc1cccc(O)c1.CC(C)c1ccc(Cl)cc1Cl.CCCOc1ccc(CC(C)C)cc1.COc1cccc(CC(C)C)c1.COc1cccc(CC(C)C)c1O. The van der Waals surface area contributed by atoms with Crippen LogP contribution in [0.4, 0.5) is 5.69 Å². The number of carbonyl (C=O) groups excluding carboxylic acids is 2. The lowest BCUT2D eigenvalue weighted by Crippen LogP contribution is -2.05. The Labute approximate surface area is 730 Å². The van der Waals surface area contributed by atoms with Gasteiger partial charge in [0, 0.05) is 40.6 Å². The van der Waals surface area contributed by atoms with E-state index in [-0.39, 0.29) is 17.4 Å². The highest BCUT2D eigenvalue weighted by molar-refractivity contribution is 6.35. The Balaban J connectivity index is 0.000000455. The second-order valence-electron chi connectivity index (χ2n) is 33.8. The fourth-order valence-electron chi connectivity index (χ4n) is 12.6. The van der Waals surface area contributed by atoms with Crippen LogP contribution >= 0.6 is 23.2 Å². The summed E-state index contributed by atoms with van der Waals surface area (Å²) in [5.41, 5.74) is 17.0. The summed E-state index contributed by atoms with van der Waals surface area (Å²) in [5.74, 6) is 9.86. The molecule has 0 spiro atoms. The first-order valence-corrected chi connectivity index (χ1v) is 43.4. The molecule has 10 aromatic rings. The van der Waals surface area contributed by atoms with Crippen molar-refractivity contribution < 1.29 is 38.7 Å². The Morgan fingerprint density at radius 1 is 0.412 bits per heavy atom. The predicted molar refractivity (Wildman–Crippen MR) is 510 cm³/mol. The molecule has 0 saturated carbocycles. The van der Waals surface area contributed by atoms with Crippen molar-refractivity contribution in [2.24, 2.45) is 47.3 Å². The van der Waals surface area contributed by atoms with Crippen LogP contribution in [-0.2, 0) is 56.3 Å². The first kappa shape index (κ1) is 105. The Hall–Kier alpha value is -9.61. The third-order valence-electron chi connectivity index (χ3n) is 17.7. The molecule has 3 N–H and O–H groups in total. The minimum atomic E-state index is -0.0263. The third-order valence-corrected chi connectivity index (χ3v) is 18.3. The van der Waals surface area contributed by atoms with Gasteiger partial charge >= 0.3 is 0 Å². The average molecular weight is 1660 g/mol. The Morgan fingerprint density at radius 2 is 0.849 bits per heavy atom. The fraction of sp³-hybridized carbons (Fsp3) is 0.411. The van der Waals surface area contributed by atoms with Gasteiger partial charge in [-0.25, -0.2) is 0 Å². The minimum absolute atomic E-state index is 0.0263. The van der Waals surface area contributed by atoms with E-state index in [0.717, 1.165) is 109 Å². The van der Waals surface area contributed by atoms with E-state index in [1.165, 1.54) is 62.6 Å². The number of pyridine rings is 1. The highest BCUT2D eigenvalue weighted by atomic mass is 35.5. The van der Waals surface area contributed by atoms with Gasteiger partial charge in [0.2, 0.25) is 5.91 Å². The number of methoxy groups -OCH3 is 2. The minimum Gasteiger partial charge on any atom is -0.508 e. The van der Waals surface area contributed by atoms with E-state index in [1.54, 1.807) is 39.3 Å².